The normalized spacial score (nSPS) is 14.4. The number of aryl methyl sites for hydroxylation is 8. The molecule has 1 heterocycles. The second-order valence-electron chi connectivity index (χ2n) is 21.7. The summed E-state index contributed by atoms with van der Waals surface area (Å²) in [7, 11) is 9.87. The van der Waals surface area contributed by atoms with E-state index in [1.807, 2.05) is 62.4 Å². The Hall–Kier alpha value is -5.06. The topological polar surface area (TPSA) is 84.5 Å². The first-order chi connectivity index (χ1) is 37.7. The Morgan fingerprint density at radius 2 is 0.772 bits per heavy atom. The van der Waals surface area contributed by atoms with Gasteiger partial charge in [-0.15, -0.1) is 6.04 Å². The maximum atomic E-state index is 9.12. The van der Waals surface area contributed by atoms with Crippen LogP contribution < -0.4 is 50.8 Å². The molecule has 0 fully saturated rings. The van der Waals surface area contributed by atoms with Crippen molar-refractivity contribution in [3.63, 3.8) is 0 Å². The van der Waals surface area contributed by atoms with Gasteiger partial charge in [0.15, 0.2) is 0 Å². The summed E-state index contributed by atoms with van der Waals surface area (Å²) in [4.78, 5) is 0. The molecule has 3 atom stereocenters. The predicted octanol–water partition coefficient (Wildman–Crippen LogP) is 16.2. The molecule has 8 aromatic carbocycles. The molecule has 414 valence electrons. The summed E-state index contributed by atoms with van der Waals surface area (Å²) in [5.74, 6) is 3.44. The number of methoxy groups -OCH3 is 2. The minimum atomic E-state index is -1.54. The third-order valence-corrected chi connectivity index (χ3v) is 19.8. The number of benzene rings is 8. The number of nitrogens with one attached hydrogen (secondary N) is 2. The summed E-state index contributed by atoms with van der Waals surface area (Å²) >= 11 is -0.346. The van der Waals surface area contributed by atoms with E-state index in [2.05, 4.69) is 178 Å². The van der Waals surface area contributed by atoms with E-state index in [-0.39, 0.29) is 33.3 Å². The standard InChI is InChI=1S/C49H52O2P2.C19H24N2O2.2ClH.Ru/c1-30-17-31(2)22-40(21-30)52(41-23-32(3)18-33(4)24-41)46-15-11-13-44-48(46)49-45(51-39(10)29-38(9)50-44)14-12-16-47(49)53(42-25-34(5)19-35(6)26-42)43-27-36(7)20-37(8)28-43;1-13(2)18(20)19(21,14-5-9-16(22-3)10-6-14)15-7-11-17(23-4)12-8-15;;;/h11-28,38-39H,29H2,1-10H3;5-13,18,20-21H,1-4H3;2*1H;/q;-2;;;+4/t38-,39-;18-;;;/m10.../s1. The molecular formula is C68H78Cl2N2O4P2Ru+2. The first-order valence-corrected chi connectivity index (χ1v) is 34.4. The van der Waals surface area contributed by atoms with Crippen LogP contribution in [0.15, 0.2) is 158 Å². The van der Waals surface area contributed by atoms with Gasteiger partial charge in [-0.25, -0.2) is 0 Å². The van der Waals surface area contributed by atoms with Crippen LogP contribution in [0, 0.1) is 61.3 Å². The molecule has 0 aliphatic carbocycles. The average molecular weight is 1220 g/mol. The second-order valence-corrected chi connectivity index (χ2v) is 29.3. The number of ether oxygens (including phenoxy) is 4. The van der Waals surface area contributed by atoms with Crippen molar-refractivity contribution >= 4 is 67.1 Å². The van der Waals surface area contributed by atoms with Gasteiger partial charge in [-0.1, -0.05) is 97.1 Å². The van der Waals surface area contributed by atoms with Crippen molar-refractivity contribution in [2.45, 2.75) is 113 Å². The van der Waals surface area contributed by atoms with Crippen molar-refractivity contribution in [1.29, 1.82) is 0 Å². The molecule has 6 nitrogen and oxygen atoms in total. The van der Waals surface area contributed by atoms with Gasteiger partial charge in [-0.3, -0.25) is 0 Å². The maximum absolute atomic E-state index is 9.12. The van der Waals surface area contributed by atoms with Gasteiger partial charge in [0, 0.05) is 6.42 Å². The Morgan fingerprint density at radius 3 is 1.03 bits per heavy atom. The molecule has 0 saturated carbocycles. The van der Waals surface area contributed by atoms with E-state index >= 15 is 0 Å². The Bertz CT molecular complexity index is 2960. The van der Waals surface area contributed by atoms with Gasteiger partial charge in [0.25, 0.3) is 0 Å². The molecule has 0 saturated heterocycles. The predicted molar refractivity (Wildman–Crippen MR) is 341 cm³/mol. The zero-order valence-corrected chi connectivity index (χ0v) is 53.5. The van der Waals surface area contributed by atoms with Crippen molar-refractivity contribution in [1.82, 2.24) is 0 Å². The van der Waals surface area contributed by atoms with E-state index in [4.69, 9.17) is 49.8 Å². The number of fused-ring (bicyclic) bond motifs is 3. The molecule has 0 aromatic heterocycles. The van der Waals surface area contributed by atoms with Crippen molar-refractivity contribution < 1.29 is 34.1 Å². The Balaban J connectivity index is 0.000000289. The second kappa shape index (κ2) is 27.6. The van der Waals surface area contributed by atoms with E-state index in [0.717, 1.165) is 40.5 Å². The average Bonchev–Trinajstić information content (AvgIpc) is 3.43. The van der Waals surface area contributed by atoms with Crippen LogP contribution in [0.4, 0.5) is 0 Å². The fourth-order valence-electron chi connectivity index (χ4n) is 11.4. The number of rotatable bonds is 12. The zero-order valence-electron chi connectivity index (χ0n) is 48.3. The zero-order chi connectivity index (χ0) is 57.3. The molecule has 2 N–H and O–H groups in total. The van der Waals surface area contributed by atoms with Gasteiger partial charge in [-0.05, 0) is 211 Å². The van der Waals surface area contributed by atoms with Gasteiger partial charge in [0.05, 0.1) is 53.4 Å². The van der Waals surface area contributed by atoms with Crippen LogP contribution >= 0.6 is 35.2 Å². The van der Waals surface area contributed by atoms with Crippen LogP contribution in [0.5, 0.6) is 23.0 Å². The molecule has 0 radical (unpaired) electrons. The molecule has 8 aromatic rings. The summed E-state index contributed by atoms with van der Waals surface area (Å²) in [6.07, 6.45) is 0.766. The van der Waals surface area contributed by atoms with E-state index in [9.17, 15) is 0 Å². The van der Waals surface area contributed by atoms with Crippen LogP contribution in [-0.4, -0.2) is 32.5 Å². The Kier molecular flexibility index (Phi) is 21.5. The van der Waals surface area contributed by atoms with E-state index < -0.39 is 27.4 Å². The summed E-state index contributed by atoms with van der Waals surface area (Å²) < 4.78 is 24.5. The molecule has 0 bridgehead atoms. The van der Waals surface area contributed by atoms with Gasteiger partial charge >= 0.3 is 34.5 Å². The SMILES string of the molecule is COc1ccc(C([NH-])(c2ccc(OC)cc2)[C@@H]([NH-])C(C)C)cc1.Cc1cc(C)cc([PH+](c2cc(C)cc(C)c2)c2cccc3c2-c2c(cccc2[PH+](c2cc(C)cc(C)c2)c2cc(C)cc(C)c2)O[C@H](C)C[C@@H](C)O3)c1.[Cl][Ru+2][Cl]. The number of hydrogen-bond donors (Lipinski definition) is 0. The third kappa shape index (κ3) is 14.9. The first kappa shape index (κ1) is 61.6. The summed E-state index contributed by atoms with van der Waals surface area (Å²) in [5.41, 5.74) is 30.9. The summed E-state index contributed by atoms with van der Waals surface area (Å²) in [6, 6.07) is 56.4. The first-order valence-electron chi connectivity index (χ1n) is 27.0. The molecule has 11 heteroatoms. The third-order valence-electron chi connectivity index (χ3n) is 14.4. The molecule has 0 spiro atoms. The molecular weight excluding hydrogens is 1140 g/mol. The van der Waals surface area contributed by atoms with Gasteiger partial charge in [0.1, 0.15) is 54.8 Å². The molecule has 1 aliphatic heterocycles. The number of halogens is 2. The fourth-order valence-corrected chi connectivity index (χ4v) is 17.8. The van der Waals surface area contributed by atoms with Gasteiger partial charge < -0.3 is 30.4 Å². The molecule has 79 heavy (non-hydrogen) atoms. The molecule has 9 rings (SSSR count). The van der Waals surface area contributed by atoms with Crippen LogP contribution in [-0.2, 0) is 20.7 Å². The van der Waals surface area contributed by atoms with E-state index in [0.29, 0.717) is 0 Å². The Labute approximate surface area is 490 Å². The van der Waals surface area contributed by atoms with E-state index in [1.54, 1.807) is 14.2 Å². The van der Waals surface area contributed by atoms with Crippen LogP contribution in [0.25, 0.3) is 22.6 Å². The summed E-state index contributed by atoms with van der Waals surface area (Å²) in [5, 5.41) is 8.23. The van der Waals surface area contributed by atoms with Crippen LogP contribution in [0.3, 0.4) is 0 Å². The fraction of sp³-hybridized carbons (Fsp3) is 0.294. The Morgan fingerprint density at radius 1 is 0.494 bits per heavy atom. The van der Waals surface area contributed by atoms with Crippen LogP contribution in [0.1, 0.15) is 89.8 Å². The van der Waals surface area contributed by atoms with Crippen LogP contribution in [0.2, 0.25) is 0 Å². The van der Waals surface area contributed by atoms with Crippen molar-refractivity contribution in [2.24, 2.45) is 5.92 Å². The quantitative estimate of drug-likeness (QED) is 0.0901. The summed E-state index contributed by atoms with van der Waals surface area (Å²) in [6.45, 7) is 26.2. The van der Waals surface area contributed by atoms with Crippen molar-refractivity contribution in [3.8, 4) is 34.1 Å². The monoisotopic (exact) mass is 1220 g/mol. The van der Waals surface area contributed by atoms with Gasteiger partial charge in [-0.2, -0.15) is 0 Å². The molecule has 0 amide bonds. The van der Waals surface area contributed by atoms with Crippen molar-refractivity contribution in [3.05, 3.63) is 225 Å². The molecule has 1 aliphatic rings. The van der Waals surface area contributed by atoms with Gasteiger partial charge in [0.2, 0.25) is 0 Å². The van der Waals surface area contributed by atoms with E-state index in [1.165, 1.54) is 87.5 Å². The minimum absolute atomic E-state index is 0.0153. The molecule has 0 unspecified atom stereocenters. The van der Waals surface area contributed by atoms with Crippen molar-refractivity contribution in [2.75, 3.05) is 14.2 Å². The number of hydrogen-bond acceptors (Lipinski definition) is 4.